The van der Waals surface area contributed by atoms with Gasteiger partial charge in [-0.15, -0.1) is 0 Å². The van der Waals surface area contributed by atoms with Crippen LogP contribution in [0.5, 0.6) is 0 Å². The third-order valence-electron chi connectivity index (χ3n) is 3.35. The van der Waals surface area contributed by atoms with Crippen molar-refractivity contribution in [3.63, 3.8) is 0 Å². The Hall–Kier alpha value is -2.69. The van der Waals surface area contributed by atoms with E-state index in [1.807, 2.05) is 0 Å². The zero-order valence-electron chi connectivity index (χ0n) is 14.0. The van der Waals surface area contributed by atoms with Crippen molar-refractivity contribution < 1.29 is 35.9 Å². The molecule has 0 fully saturated rings. The second-order valence-electron chi connectivity index (χ2n) is 5.47. The zero-order chi connectivity index (χ0) is 21.1. The molecule has 2 N–H and O–H groups in total. The van der Waals surface area contributed by atoms with Gasteiger partial charge in [0.1, 0.15) is 0 Å². The van der Waals surface area contributed by atoms with Gasteiger partial charge in [0.25, 0.3) is 0 Å². The average Bonchev–Trinajstić information content (AvgIpc) is 2.58. The van der Waals surface area contributed by atoms with Crippen molar-refractivity contribution in [1.29, 1.82) is 0 Å². The molecular weight excluding hydrogens is 410 g/mol. The number of hydrogen-bond donors (Lipinski definition) is 2. The van der Waals surface area contributed by atoms with Gasteiger partial charge >= 0.3 is 24.2 Å². The van der Waals surface area contributed by atoms with E-state index in [9.17, 15) is 35.9 Å². The number of anilines is 2. The van der Waals surface area contributed by atoms with Gasteiger partial charge in [-0.05, 0) is 36.8 Å². The lowest BCUT2D eigenvalue weighted by atomic mass is 10.1. The van der Waals surface area contributed by atoms with Gasteiger partial charge in [0, 0.05) is 21.2 Å². The van der Waals surface area contributed by atoms with Gasteiger partial charge in [-0.3, -0.25) is 9.59 Å². The van der Waals surface area contributed by atoms with E-state index in [-0.39, 0.29) is 16.1 Å². The molecule has 0 aliphatic carbocycles. The second-order valence-corrected chi connectivity index (χ2v) is 6.58. The Labute approximate surface area is 159 Å². The van der Waals surface area contributed by atoms with Crippen LogP contribution in [0.25, 0.3) is 0 Å². The molecule has 11 heteroatoms. The molecule has 4 nitrogen and oxygen atoms in total. The van der Waals surface area contributed by atoms with Crippen LogP contribution in [0, 0.1) is 6.92 Å². The van der Waals surface area contributed by atoms with Crippen LogP contribution in [0.1, 0.15) is 5.56 Å². The minimum atomic E-state index is -5.19. The first kappa shape index (κ1) is 21.6. The molecule has 2 amide bonds. The Bertz CT molecular complexity index is 882. The third kappa shape index (κ3) is 5.65. The first-order valence-corrected chi connectivity index (χ1v) is 8.33. The third-order valence-corrected chi connectivity index (χ3v) is 4.50. The zero-order valence-corrected chi connectivity index (χ0v) is 14.9. The number of halogens is 6. The number of carbonyl (C=O) groups is 2. The van der Waals surface area contributed by atoms with Gasteiger partial charge in [-0.1, -0.05) is 30.0 Å². The minimum absolute atomic E-state index is 0.191. The monoisotopic (exact) mass is 422 g/mol. The fourth-order valence-corrected chi connectivity index (χ4v) is 3.00. The van der Waals surface area contributed by atoms with Crippen LogP contribution in [-0.4, -0.2) is 24.2 Å². The SMILES string of the molecule is Cc1c(NC(=O)C(F)(F)F)cc(NC(=O)C(F)(F)F)cc1Sc1ccccc1. The van der Waals surface area contributed by atoms with E-state index in [4.69, 9.17) is 0 Å². The highest BCUT2D eigenvalue weighted by Gasteiger charge is 2.40. The van der Waals surface area contributed by atoms with Gasteiger partial charge in [0.2, 0.25) is 0 Å². The topological polar surface area (TPSA) is 58.2 Å². The number of rotatable bonds is 4. The van der Waals surface area contributed by atoms with E-state index in [2.05, 4.69) is 0 Å². The molecular formula is C17H12F6N2O2S. The highest BCUT2D eigenvalue weighted by Crippen LogP contribution is 2.37. The standard InChI is InChI=1S/C17H12F6N2O2S/c1-9-12(25-15(27)17(21,22)23)7-10(24-14(26)16(18,19)20)8-13(9)28-11-5-3-2-4-6-11/h2-8H,1H3,(H,24,26)(H,25,27). The normalized spacial score (nSPS) is 11.8. The summed E-state index contributed by atoms with van der Waals surface area (Å²) in [4.78, 5) is 23.3. The number of benzene rings is 2. The predicted octanol–water partition coefficient (Wildman–Crippen LogP) is 5.15. The Morgan fingerprint density at radius 2 is 1.39 bits per heavy atom. The average molecular weight is 422 g/mol. The highest BCUT2D eigenvalue weighted by atomic mass is 32.2. The molecule has 0 bridgehead atoms. The van der Waals surface area contributed by atoms with Crippen molar-refractivity contribution >= 4 is 35.0 Å². The van der Waals surface area contributed by atoms with E-state index in [0.29, 0.717) is 4.90 Å². The van der Waals surface area contributed by atoms with Gasteiger partial charge < -0.3 is 10.6 Å². The van der Waals surface area contributed by atoms with E-state index in [1.54, 1.807) is 41.0 Å². The molecule has 0 unspecified atom stereocenters. The van der Waals surface area contributed by atoms with Crippen LogP contribution in [0.2, 0.25) is 0 Å². The largest absolute Gasteiger partial charge is 0.471 e. The minimum Gasteiger partial charge on any atom is -0.318 e. The van der Waals surface area contributed by atoms with Crippen LogP contribution in [0.3, 0.4) is 0 Å². The molecule has 0 aromatic heterocycles. The van der Waals surface area contributed by atoms with Crippen molar-refractivity contribution in [3.05, 3.63) is 48.0 Å². The van der Waals surface area contributed by atoms with Crippen molar-refractivity contribution in [2.45, 2.75) is 29.1 Å². The van der Waals surface area contributed by atoms with Crippen molar-refractivity contribution in [2.75, 3.05) is 10.6 Å². The molecule has 0 saturated heterocycles. The number of nitrogens with one attached hydrogen (secondary N) is 2. The molecule has 0 radical (unpaired) electrons. The van der Waals surface area contributed by atoms with E-state index >= 15 is 0 Å². The summed E-state index contributed by atoms with van der Waals surface area (Å²) >= 11 is 1.05. The van der Waals surface area contributed by atoms with Crippen molar-refractivity contribution in [3.8, 4) is 0 Å². The van der Waals surface area contributed by atoms with Crippen LogP contribution < -0.4 is 10.6 Å². The Balaban J connectivity index is 2.44. The van der Waals surface area contributed by atoms with Crippen molar-refractivity contribution in [2.24, 2.45) is 0 Å². The molecule has 28 heavy (non-hydrogen) atoms. The molecule has 0 atom stereocenters. The summed E-state index contributed by atoms with van der Waals surface area (Å²) in [6, 6.07) is 10.5. The number of carbonyl (C=O) groups excluding carboxylic acids is 2. The first-order valence-electron chi connectivity index (χ1n) is 7.52. The number of amides is 2. The molecule has 0 heterocycles. The van der Waals surface area contributed by atoms with Gasteiger partial charge in [0.05, 0.1) is 0 Å². The maximum atomic E-state index is 12.5. The van der Waals surface area contributed by atoms with Gasteiger partial charge in [-0.2, -0.15) is 26.3 Å². The Kier molecular flexibility index (Phi) is 6.27. The van der Waals surface area contributed by atoms with E-state index in [0.717, 1.165) is 17.8 Å². The number of hydrogen-bond acceptors (Lipinski definition) is 3. The fraction of sp³-hybridized carbons (Fsp3) is 0.176. The number of alkyl halides is 6. The van der Waals surface area contributed by atoms with Crippen LogP contribution >= 0.6 is 11.8 Å². The molecule has 0 aliphatic rings. The van der Waals surface area contributed by atoms with Gasteiger partial charge in [-0.25, -0.2) is 0 Å². The quantitative estimate of drug-likeness (QED) is 0.671. The molecule has 0 spiro atoms. The molecule has 2 aromatic rings. The fourth-order valence-electron chi connectivity index (χ4n) is 2.01. The Morgan fingerprint density at radius 3 is 1.93 bits per heavy atom. The lowest BCUT2D eigenvalue weighted by Gasteiger charge is -2.17. The smallest absolute Gasteiger partial charge is 0.318 e. The highest BCUT2D eigenvalue weighted by molar-refractivity contribution is 7.99. The molecule has 0 saturated carbocycles. The maximum absolute atomic E-state index is 12.5. The summed E-state index contributed by atoms with van der Waals surface area (Å²) in [5.74, 6) is -4.58. The van der Waals surface area contributed by atoms with Crippen LogP contribution in [-0.2, 0) is 9.59 Å². The lowest BCUT2D eigenvalue weighted by Crippen LogP contribution is -2.31. The summed E-state index contributed by atoms with van der Waals surface area (Å²) in [5.41, 5.74) is -0.596. The maximum Gasteiger partial charge on any atom is 0.471 e. The lowest BCUT2D eigenvalue weighted by molar-refractivity contribution is -0.167. The summed E-state index contributed by atoms with van der Waals surface area (Å²) in [7, 11) is 0. The van der Waals surface area contributed by atoms with Crippen LogP contribution in [0.15, 0.2) is 52.3 Å². The first-order chi connectivity index (χ1) is 12.9. The van der Waals surface area contributed by atoms with Crippen molar-refractivity contribution in [1.82, 2.24) is 0 Å². The van der Waals surface area contributed by atoms with Gasteiger partial charge in [0.15, 0.2) is 0 Å². The molecule has 150 valence electrons. The summed E-state index contributed by atoms with van der Waals surface area (Å²) in [6.07, 6.45) is -10.4. The summed E-state index contributed by atoms with van der Waals surface area (Å²) in [5, 5.41) is 3.20. The Morgan fingerprint density at radius 1 is 0.857 bits per heavy atom. The van der Waals surface area contributed by atoms with Crippen LogP contribution in [0.4, 0.5) is 37.7 Å². The van der Waals surface area contributed by atoms with E-state index in [1.165, 1.54) is 13.0 Å². The predicted molar refractivity (Wildman–Crippen MR) is 91.1 cm³/mol. The second kappa shape index (κ2) is 8.13. The molecule has 0 aliphatic heterocycles. The summed E-state index contributed by atoms with van der Waals surface area (Å²) < 4.78 is 75.1. The van der Waals surface area contributed by atoms with E-state index < -0.39 is 29.9 Å². The molecule has 2 aromatic carbocycles. The summed E-state index contributed by atoms with van der Waals surface area (Å²) in [6.45, 7) is 1.40. The molecule has 2 rings (SSSR count).